The molecule has 1 aromatic heterocycles. The summed E-state index contributed by atoms with van der Waals surface area (Å²) in [7, 11) is 0. The van der Waals surface area contributed by atoms with E-state index in [9.17, 15) is 4.79 Å². The number of aromatic nitrogens is 1. The van der Waals surface area contributed by atoms with Crippen molar-refractivity contribution in [2.24, 2.45) is 4.99 Å². The minimum Gasteiger partial charge on any atom is -0.368 e. The zero-order valence-corrected chi connectivity index (χ0v) is 20.8. The topological polar surface area (TPSA) is 73.3 Å². The molecule has 0 saturated carbocycles. The first-order chi connectivity index (χ1) is 14.7. The molecule has 1 aromatic rings. The van der Waals surface area contributed by atoms with Crippen LogP contribution >= 0.6 is 24.0 Å². The molecule has 0 aromatic carbocycles. The van der Waals surface area contributed by atoms with E-state index in [0.717, 1.165) is 76.0 Å². The third-order valence-electron chi connectivity index (χ3n) is 6.08. The van der Waals surface area contributed by atoms with Gasteiger partial charge in [-0.25, -0.2) is 9.98 Å². The number of anilines is 1. The summed E-state index contributed by atoms with van der Waals surface area (Å²) < 4.78 is 5.56. The van der Waals surface area contributed by atoms with Crippen LogP contribution < -0.4 is 10.2 Å². The molecular formula is C22H35IN6O2. The maximum absolute atomic E-state index is 12.6. The largest absolute Gasteiger partial charge is 0.368 e. The molecule has 0 bridgehead atoms. The number of nitrogens with one attached hydrogen (secondary N) is 1. The minimum absolute atomic E-state index is 0. The number of hydrogen-bond donors (Lipinski definition) is 1. The molecule has 1 N–H and O–H groups in total. The number of halogens is 1. The lowest BCUT2D eigenvalue weighted by Crippen LogP contribution is -2.55. The number of pyridine rings is 1. The first kappa shape index (κ1) is 24.0. The molecule has 9 heteroatoms. The summed E-state index contributed by atoms with van der Waals surface area (Å²) in [6.45, 7) is 9.44. The van der Waals surface area contributed by atoms with E-state index in [1.807, 2.05) is 11.1 Å². The molecule has 1 amide bonds. The summed E-state index contributed by atoms with van der Waals surface area (Å²) in [5, 5.41) is 3.40. The van der Waals surface area contributed by atoms with Crippen molar-refractivity contribution in [1.82, 2.24) is 20.1 Å². The lowest BCUT2D eigenvalue weighted by molar-refractivity contribution is -0.142. The molecule has 4 heterocycles. The summed E-state index contributed by atoms with van der Waals surface area (Å²) >= 11 is 0. The van der Waals surface area contributed by atoms with Gasteiger partial charge in [0.2, 0.25) is 0 Å². The summed E-state index contributed by atoms with van der Waals surface area (Å²) in [4.78, 5) is 28.6. The van der Waals surface area contributed by atoms with Crippen molar-refractivity contribution in [2.75, 3.05) is 57.3 Å². The number of aliphatic imine (C=N–C) groups is 1. The average Bonchev–Trinajstić information content (AvgIpc) is 3.51. The second-order valence-corrected chi connectivity index (χ2v) is 8.20. The molecule has 1 atom stereocenters. The van der Waals surface area contributed by atoms with Crippen LogP contribution in [0.2, 0.25) is 0 Å². The second kappa shape index (κ2) is 11.8. The van der Waals surface area contributed by atoms with E-state index >= 15 is 0 Å². The van der Waals surface area contributed by atoms with Gasteiger partial charge in [0.25, 0.3) is 5.91 Å². The van der Waals surface area contributed by atoms with Crippen LogP contribution in [0.4, 0.5) is 5.82 Å². The lowest BCUT2D eigenvalue weighted by Gasteiger charge is -2.37. The van der Waals surface area contributed by atoms with Crippen LogP contribution in [0.5, 0.6) is 0 Å². The molecule has 4 rings (SSSR count). The highest BCUT2D eigenvalue weighted by Crippen LogP contribution is 2.18. The Balaban J connectivity index is 0.00000272. The third kappa shape index (κ3) is 6.21. The Morgan fingerprint density at radius 2 is 1.87 bits per heavy atom. The van der Waals surface area contributed by atoms with Gasteiger partial charge in [0, 0.05) is 58.6 Å². The molecule has 0 aliphatic carbocycles. The Bertz CT molecular complexity index is 724. The SMILES string of the molecule is CCNC(=NCc1ccc(N2CCCC2)nc1)N1CCN(C(=O)C2CCCO2)CC1.I. The molecule has 3 saturated heterocycles. The Hall–Kier alpha value is -1.62. The molecule has 0 radical (unpaired) electrons. The number of carbonyl (C=O) groups excluding carboxylic acids is 1. The van der Waals surface area contributed by atoms with Crippen LogP contribution in [0.1, 0.15) is 38.2 Å². The smallest absolute Gasteiger partial charge is 0.251 e. The van der Waals surface area contributed by atoms with Crippen molar-refractivity contribution in [1.29, 1.82) is 0 Å². The molecule has 3 fully saturated rings. The normalized spacial score (nSPS) is 21.9. The number of ether oxygens (including phenoxy) is 1. The highest BCUT2D eigenvalue weighted by Gasteiger charge is 2.30. The van der Waals surface area contributed by atoms with E-state index in [4.69, 9.17) is 9.73 Å². The Morgan fingerprint density at radius 1 is 1.13 bits per heavy atom. The standard InChI is InChI=1S/C22H34N6O2.HI/c1-2-23-22(25-17-18-7-8-20(24-16-18)26-9-3-4-10-26)28-13-11-27(12-14-28)21(29)19-6-5-15-30-19;/h7-8,16,19H,2-6,9-15,17H2,1H3,(H,23,25);1H. The minimum atomic E-state index is -0.227. The van der Waals surface area contributed by atoms with E-state index in [0.29, 0.717) is 13.2 Å². The Morgan fingerprint density at radius 3 is 2.48 bits per heavy atom. The Labute approximate surface area is 202 Å². The molecule has 172 valence electrons. The van der Waals surface area contributed by atoms with E-state index in [-0.39, 0.29) is 36.0 Å². The average molecular weight is 542 g/mol. The van der Waals surface area contributed by atoms with Gasteiger partial charge in [0.1, 0.15) is 11.9 Å². The molecule has 3 aliphatic rings. The number of hydrogen-bond acceptors (Lipinski definition) is 5. The van der Waals surface area contributed by atoms with Crippen LogP contribution in [-0.2, 0) is 16.1 Å². The van der Waals surface area contributed by atoms with Crippen LogP contribution in [0, 0.1) is 0 Å². The third-order valence-corrected chi connectivity index (χ3v) is 6.08. The van der Waals surface area contributed by atoms with Gasteiger partial charge in [0.05, 0.1) is 6.54 Å². The maximum Gasteiger partial charge on any atom is 0.251 e. The molecule has 3 aliphatic heterocycles. The highest BCUT2D eigenvalue weighted by atomic mass is 127. The first-order valence-electron chi connectivity index (χ1n) is 11.4. The highest BCUT2D eigenvalue weighted by molar-refractivity contribution is 14.0. The van der Waals surface area contributed by atoms with E-state index in [1.165, 1.54) is 12.8 Å². The van der Waals surface area contributed by atoms with Crippen molar-refractivity contribution in [3.8, 4) is 0 Å². The van der Waals surface area contributed by atoms with Crippen molar-refractivity contribution in [3.63, 3.8) is 0 Å². The van der Waals surface area contributed by atoms with E-state index < -0.39 is 0 Å². The van der Waals surface area contributed by atoms with Crippen LogP contribution in [0.25, 0.3) is 0 Å². The van der Waals surface area contributed by atoms with Crippen LogP contribution in [0.3, 0.4) is 0 Å². The summed E-state index contributed by atoms with van der Waals surface area (Å²) in [6, 6.07) is 4.24. The van der Waals surface area contributed by atoms with Gasteiger partial charge in [-0.3, -0.25) is 4.79 Å². The zero-order chi connectivity index (χ0) is 20.8. The Kier molecular flexibility index (Phi) is 9.18. The maximum atomic E-state index is 12.6. The second-order valence-electron chi connectivity index (χ2n) is 8.20. The van der Waals surface area contributed by atoms with Gasteiger partial charge in [-0.15, -0.1) is 24.0 Å². The number of piperazine rings is 1. The van der Waals surface area contributed by atoms with Gasteiger partial charge in [0.15, 0.2) is 5.96 Å². The number of guanidine groups is 1. The van der Waals surface area contributed by atoms with Crippen LogP contribution in [0.15, 0.2) is 23.3 Å². The van der Waals surface area contributed by atoms with Crippen molar-refractivity contribution in [3.05, 3.63) is 23.9 Å². The molecule has 1 unspecified atom stereocenters. The fraction of sp³-hybridized carbons (Fsp3) is 0.682. The van der Waals surface area contributed by atoms with Crippen molar-refractivity contribution < 1.29 is 9.53 Å². The monoisotopic (exact) mass is 542 g/mol. The van der Waals surface area contributed by atoms with Gasteiger partial charge in [-0.2, -0.15) is 0 Å². The summed E-state index contributed by atoms with van der Waals surface area (Å²) in [5.41, 5.74) is 1.11. The summed E-state index contributed by atoms with van der Waals surface area (Å²) in [5.74, 6) is 2.13. The molecule has 8 nitrogen and oxygen atoms in total. The fourth-order valence-electron chi connectivity index (χ4n) is 4.35. The quantitative estimate of drug-likeness (QED) is 0.349. The van der Waals surface area contributed by atoms with Gasteiger partial charge >= 0.3 is 0 Å². The predicted molar refractivity (Wildman–Crippen MR) is 133 cm³/mol. The van der Waals surface area contributed by atoms with Crippen molar-refractivity contribution >= 4 is 41.7 Å². The van der Waals surface area contributed by atoms with E-state index in [1.54, 1.807) is 0 Å². The van der Waals surface area contributed by atoms with E-state index in [2.05, 4.69) is 39.2 Å². The number of carbonyl (C=O) groups is 1. The van der Waals surface area contributed by atoms with Gasteiger partial charge in [-0.1, -0.05) is 6.07 Å². The van der Waals surface area contributed by atoms with Crippen molar-refractivity contribution in [2.45, 2.75) is 45.3 Å². The molecule has 31 heavy (non-hydrogen) atoms. The molecular weight excluding hydrogens is 507 g/mol. The predicted octanol–water partition coefficient (Wildman–Crippen LogP) is 2.09. The van der Waals surface area contributed by atoms with Gasteiger partial charge in [-0.05, 0) is 44.2 Å². The number of nitrogens with zero attached hydrogens (tertiary/aromatic N) is 5. The van der Waals surface area contributed by atoms with Crippen LogP contribution in [-0.4, -0.2) is 85.2 Å². The number of amides is 1. The molecule has 0 spiro atoms. The summed E-state index contributed by atoms with van der Waals surface area (Å²) in [6.07, 6.45) is 6.07. The zero-order valence-electron chi connectivity index (χ0n) is 18.5. The lowest BCUT2D eigenvalue weighted by atomic mass is 10.2. The first-order valence-corrected chi connectivity index (χ1v) is 11.4. The number of rotatable bonds is 5. The van der Waals surface area contributed by atoms with Gasteiger partial charge < -0.3 is 24.8 Å². The fourth-order valence-corrected chi connectivity index (χ4v) is 4.35.